The predicted octanol–water partition coefficient (Wildman–Crippen LogP) is 3.74. The van der Waals surface area contributed by atoms with Gasteiger partial charge >= 0.3 is 0 Å². The highest BCUT2D eigenvalue weighted by Gasteiger charge is 2.24. The van der Waals surface area contributed by atoms with Gasteiger partial charge < -0.3 is 14.8 Å². The number of nitrogens with zero attached hydrogens (tertiary/aromatic N) is 1. The van der Waals surface area contributed by atoms with Crippen LogP contribution in [0, 0.1) is 11.6 Å². The van der Waals surface area contributed by atoms with Crippen molar-refractivity contribution in [2.75, 3.05) is 19.9 Å². The van der Waals surface area contributed by atoms with Gasteiger partial charge in [0.25, 0.3) is 5.91 Å². The highest BCUT2D eigenvalue weighted by molar-refractivity contribution is 6.32. The lowest BCUT2D eigenvalue weighted by Gasteiger charge is -2.32. The first kappa shape index (κ1) is 19.0. The first-order chi connectivity index (χ1) is 13.5. The van der Waals surface area contributed by atoms with E-state index < -0.39 is 11.6 Å². The van der Waals surface area contributed by atoms with Crippen LogP contribution < -0.4 is 14.8 Å². The summed E-state index contributed by atoms with van der Waals surface area (Å²) in [6, 6.07) is 7.21. The van der Waals surface area contributed by atoms with Crippen molar-refractivity contribution in [3.05, 3.63) is 58.1 Å². The number of hydrogen-bond acceptors (Lipinski definition) is 4. The van der Waals surface area contributed by atoms with Crippen LogP contribution in [0.5, 0.6) is 11.5 Å². The maximum absolute atomic E-state index is 13.3. The molecule has 1 amide bonds. The molecule has 0 spiro atoms. The summed E-state index contributed by atoms with van der Waals surface area (Å²) in [7, 11) is 0. The van der Waals surface area contributed by atoms with Crippen molar-refractivity contribution < 1.29 is 23.0 Å². The number of hydrogen-bond donors (Lipinski definition) is 1. The third-order valence-corrected chi connectivity index (χ3v) is 5.28. The molecule has 0 bridgehead atoms. The topological polar surface area (TPSA) is 50.8 Å². The van der Waals surface area contributed by atoms with Crippen molar-refractivity contribution in [1.82, 2.24) is 10.2 Å². The lowest BCUT2D eigenvalue weighted by molar-refractivity contribution is 0.0908. The fourth-order valence-corrected chi connectivity index (χ4v) is 3.76. The van der Waals surface area contributed by atoms with Gasteiger partial charge in [0, 0.05) is 31.2 Å². The third kappa shape index (κ3) is 4.05. The number of fused-ring (bicyclic) bond motifs is 1. The second-order valence-corrected chi connectivity index (χ2v) is 7.37. The Kier molecular flexibility index (Phi) is 5.37. The molecule has 2 heterocycles. The SMILES string of the molecule is O=C(NC1CCN(Cc2ccc(F)c(F)c2)CC1)c1cc(Cl)c2c(c1)OCO2. The van der Waals surface area contributed by atoms with E-state index in [0.717, 1.165) is 37.6 Å². The van der Waals surface area contributed by atoms with E-state index in [1.807, 2.05) is 0 Å². The molecule has 2 aromatic rings. The molecule has 0 aliphatic carbocycles. The maximum Gasteiger partial charge on any atom is 0.251 e. The van der Waals surface area contributed by atoms with E-state index in [2.05, 4.69) is 10.2 Å². The van der Waals surface area contributed by atoms with Gasteiger partial charge in [0.2, 0.25) is 6.79 Å². The summed E-state index contributed by atoms with van der Waals surface area (Å²) in [6.07, 6.45) is 1.54. The van der Waals surface area contributed by atoms with Crippen LogP contribution in [0.2, 0.25) is 5.02 Å². The summed E-state index contributed by atoms with van der Waals surface area (Å²) in [5.74, 6) is -0.946. The van der Waals surface area contributed by atoms with Gasteiger partial charge in [0.1, 0.15) is 0 Å². The number of carbonyl (C=O) groups is 1. The number of amides is 1. The predicted molar refractivity (Wildman–Crippen MR) is 99.7 cm³/mol. The quantitative estimate of drug-likeness (QED) is 0.837. The molecule has 1 saturated heterocycles. The van der Waals surface area contributed by atoms with Crippen LogP contribution in [0.1, 0.15) is 28.8 Å². The van der Waals surface area contributed by atoms with Gasteiger partial charge in [0.15, 0.2) is 23.1 Å². The van der Waals surface area contributed by atoms with E-state index in [0.29, 0.717) is 28.6 Å². The molecular formula is C20H19ClF2N2O3. The minimum atomic E-state index is -0.839. The van der Waals surface area contributed by atoms with Crippen LogP contribution in [0.25, 0.3) is 0 Å². The van der Waals surface area contributed by atoms with Gasteiger partial charge in [-0.25, -0.2) is 8.78 Å². The van der Waals surface area contributed by atoms with Gasteiger partial charge in [-0.2, -0.15) is 0 Å². The van der Waals surface area contributed by atoms with Gasteiger partial charge in [-0.3, -0.25) is 9.69 Å². The van der Waals surface area contributed by atoms with Crippen molar-refractivity contribution in [2.45, 2.75) is 25.4 Å². The monoisotopic (exact) mass is 408 g/mol. The Balaban J connectivity index is 1.31. The number of rotatable bonds is 4. The minimum absolute atomic E-state index is 0.0397. The van der Waals surface area contributed by atoms with Crippen molar-refractivity contribution in [1.29, 1.82) is 0 Å². The number of likely N-dealkylation sites (tertiary alicyclic amines) is 1. The summed E-state index contributed by atoms with van der Waals surface area (Å²) in [5.41, 5.74) is 1.16. The van der Waals surface area contributed by atoms with Gasteiger partial charge in [0.05, 0.1) is 5.02 Å². The second kappa shape index (κ2) is 7.93. The Morgan fingerprint density at radius 1 is 1.14 bits per heavy atom. The lowest BCUT2D eigenvalue weighted by Crippen LogP contribution is -2.44. The van der Waals surface area contributed by atoms with Gasteiger partial charge in [-0.1, -0.05) is 17.7 Å². The van der Waals surface area contributed by atoms with Crippen LogP contribution in [0.15, 0.2) is 30.3 Å². The summed E-state index contributed by atoms with van der Waals surface area (Å²) >= 11 is 6.14. The number of halogens is 3. The first-order valence-electron chi connectivity index (χ1n) is 9.06. The van der Waals surface area contributed by atoms with E-state index >= 15 is 0 Å². The van der Waals surface area contributed by atoms with Crippen LogP contribution in [0.3, 0.4) is 0 Å². The van der Waals surface area contributed by atoms with Crippen LogP contribution in [0.4, 0.5) is 8.78 Å². The second-order valence-electron chi connectivity index (χ2n) is 6.96. The molecule has 1 fully saturated rings. The number of ether oxygens (including phenoxy) is 2. The first-order valence-corrected chi connectivity index (χ1v) is 9.43. The Bertz CT molecular complexity index is 901. The largest absolute Gasteiger partial charge is 0.454 e. The Morgan fingerprint density at radius 3 is 2.68 bits per heavy atom. The highest BCUT2D eigenvalue weighted by atomic mass is 35.5. The van der Waals surface area contributed by atoms with Crippen LogP contribution >= 0.6 is 11.6 Å². The van der Waals surface area contributed by atoms with E-state index in [-0.39, 0.29) is 18.7 Å². The fraction of sp³-hybridized carbons (Fsp3) is 0.350. The summed E-state index contributed by atoms with van der Waals surface area (Å²) in [6.45, 7) is 2.16. The average molecular weight is 409 g/mol. The van der Waals surface area contributed by atoms with E-state index in [1.54, 1.807) is 18.2 Å². The zero-order valence-electron chi connectivity index (χ0n) is 15.0. The maximum atomic E-state index is 13.3. The van der Waals surface area contributed by atoms with Gasteiger partial charge in [-0.05, 0) is 42.7 Å². The molecule has 0 saturated carbocycles. The molecule has 2 aliphatic rings. The molecule has 1 N–H and O–H groups in total. The molecule has 5 nitrogen and oxygen atoms in total. The van der Waals surface area contributed by atoms with Crippen LogP contribution in [-0.2, 0) is 6.54 Å². The van der Waals surface area contributed by atoms with Crippen molar-refractivity contribution in [3.8, 4) is 11.5 Å². The molecule has 28 heavy (non-hydrogen) atoms. The minimum Gasteiger partial charge on any atom is -0.454 e. The zero-order valence-corrected chi connectivity index (χ0v) is 15.8. The molecule has 0 radical (unpaired) electrons. The summed E-state index contributed by atoms with van der Waals surface area (Å²) in [4.78, 5) is 14.7. The molecule has 2 aromatic carbocycles. The van der Waals surface area contributed by atoms with Crippen molar-refractivity contribution >= 4 is 17.5 Å². The average Bonchev–Trinajstić information content (AvgIpc) is 3.15. The van der Waals surface area contributed by atoms with Crippen LogP contribution in [-0.4, -0.2) is 36.7 Å². The molecule has 8 heteroatoms. The smallest absolute Gasteiger partial charge is 0.251 e. The standard InChI is InChI=1S/C20H19ClF2N2O3/c21-15-8-13(9-18-19(15)28-11-27-18)20(26)24-14-3-5-25(6-4-14)10-12-1-2-16(22)17(23)7-12/h1-2,7-9,14H,3-6,10-11H2,(H,24,26). The van der Waals surface area contributed by atoms with Crippen molar-refractivity contribution in [3.63, 3.8) is 0 Å². The van der Waals surface area contributed by atoms with E-state index in [1.165, 1.54) is 6.07 Å². The zero-order chi connectivity index (χ0) is 19.7. The van der Waals surface area contributed by atoms with E-state index in [9.17, 15) is 13.6 Å². The molecular weight excluding hydrogens is 390 g/mol. The fourth-order valence-electron chi connectivity index (χ4n) is 3.50. The Morgan fingerprint density at radius 2 is 1.93 bits per heavy atom. The summed E-state index contributed by atoms with van der Waals surface area (Å²) in [5, 5.41) is 3.37. The number of carbonyl (C=O) groups excluding carboxylic acids is 1. The molecule has 0 atom stereocenters. The molecule has 4 rings (SSSR count). The highest BCUT2D eigenvalue weighted by Crippen LogP contribution is 2.39. The Hall–Kier alpha value is -2.38. The molecule has 148 valence electrons. The summed E-state index contributed by atoms with van der Waals surface area (Å²) < 4.78 is 36.9. The van der Waals surface area contributed by atoms with Gasteiger partial charge in [-0.15, -0.1) is 0 Å². The van der Waals surface area contributed by atoms with Crippen molar-refractivity contribution in [2.24, 2.45) is 0 Å². The normalized spacial score (nSPS) is 17.0. The number of piperidine rings is 1. The third-order valence-electron chi connectivity index (χ3n) is 5.00. The number of benzene rings is 2. The molecule has 0 unspecified atom stereocenters. The molecule has 2 aliphatic heterocycles. The number of nitrogens with one attached hydrogen (secondary N) is 1. The van der Waals surface area contributed by atoms with E-state index in [4.69, 9.17) is 21.1 Å². The Labute approximate surface area is 166 Å². The lowest BCUT2D eigenvalue weighted by atomic mass is 10.0. The molecule has 0 aromatic heterocycles.